The van der Waals surface area contributed by atoms with Crippen LogP contribution in [0.3, 0.4) is 0 Å². The maximum absolute atomic E-state index is 13.4. The van der Waals surface area contributed by atoms with E-state index in [0.29, 0.717) is 33.7 Å². The van der Waals surface area contributed by atoms with Crippen LogP contribution in [-0.2, 0) is 16.8 Å². The summed E-state index contributed by atoms with van der Waals surface area (Å²) in [6, 6.07) is 4.88. The summed E-state index contributed by atoms with van der Waals surface area (Å²) < 4.78 is 1.70. The molecule has 0 aliphatic rings. The van der Waals surface area contributed by atoms with Crippen LogP contribution in [0.15, 0.2) is 49.2 Å². The van der Waals surface area contributed by atoms with Crippen LogP contribution >= 0.6 is 0 Å². The number of aromatic nitrogens is 5. The number of nitrogens with zero attached hydrogens (tertiary/aromatic N) is 5. The van der Waals surface area contributed by atoms with Crippen LogP contribution in [0.4, 0.5) is 17.3 Å². The summed E-state index contributed by atoms with van der Waals surface area (Å²) in [5, 5.41) is 13.1. The molecule has 0 saturated heterocycles. The number of hydrogen-bond donors (Lipinski definition) is 4. The maximum Gasteiger partial charge on any atom is 0.230 e. The Labute approximate surface area is 194 Å². The number of carbonyl (C=O) groups is 2. The van der Waals surface area contributed by atoms with Gasteiger partial charge >= 0.3 is 0 Å². The van der Waals surface area contributed by atoms with Gasteiger partial charge in [0.05, 0.1) is 47.9 Å². The molecule has 0 bridgehead atoms. The molecule has 0 aromatic carbocycles. The minimum atomic E-state index is -0.734. The first-order valence-electron chi connectivity index (χ1n) is 10.4. The average molecular weight is 460 g/mol. The number of anilines is 3. The van der Waals surface area contributed by atoms with Crippen molar-refractivity contribution < 1.29 is 14.7 Å². The van der Waals surface area contributed by atoms with E-state index >= 15 is 0 Å². The van der Waals surface area contributed by atoms with Crippen molar-refractivity contribution in [3.63, 3.8) is 0 Å². The van der Waals surface area contributed by atoms with Crippen molar-refractivity contribution in [1.82, 2.24) is 24.5 Å². The van der Waals surface area contributed by atoms with E-state index < -0.39 is 5.54 Å². The largest absolute Gasteiger partial charge is 0.397 e. The Kier molecular flexibility index (Phi) is 5.95. The molecule has 4 aromatic rings. The zero-order valence-electron chi connectivity index (χ0n) is 18.7. The van der Waals surface area contributed by atoms with E-state index in [1.54, 1.807) is 29.0 Å². The van der Waals surface area contributed by atoms with E-state index in [4.69, 9.17) is 11.5 Å². The number of aliphatic hydroxyl groups excluding tert-OH is 1. The van der Waals surface area contributed by atoms with E-state index in [0.717, 1.165) is 0 Å². The Morgan fingerprint density at radius 3 is 2.62 bits per heavy atom. The highest BCUT2D eigenvalue weighted by Crippen LogP contribution is 2.28. The van der Waals surface area contributed by atoms with Gasteiger partial charge in [-0.25, -0.2) is 4.98 Å². The smallest absolute Gasteiger partial charge is 0.230 e. The quantitative estimate of drug-likeness (QED) is 0.298. The third kappa shape index (κ3) is 4.55. The molecule has 1 amide bonds. The van der Waals surface area contributed by atoms with Crippen molar-refractivity contribution in [1.29, 1.82) is 0 Å². The molecule has 4 heterocycles. The molecule has 0 unspecified atom stereocenters. The normalized spacial score (nSPS) is 11.5. The summed E-state index contributed by atoms with van der Waals surface area (Å²) in [6.07, 6.45) is 7.49. The fourth-order valence-corrected chi connectivity index (χ4v) is 3.44. The summed E-state index contributed by atoms with van der Waals surface area (Å²) in [4.78, 5) is 42.3. The Morgan fingerprint density at radius 1 is 1.12 bits per heavy atom. The molecule has 34 heavy (non-hydrogen) atoms. The lowest BCUT2D eigenvalue weighted by atomic mass is 10.1. The van der Waals surface area contributed by atoms with Crippen LogP contribution in [0.1, 0.15) is 35.5 Å². The Hall–Kier alpha value is -4.38. The van der Waals surface area contributed by atoms with Gasteiger partial charge in [0, 0.05) is 35.2 Å². The van der Waals surface area contributed by atoms with Gasteiger partial charge in [0.25, 0.3) is 0 Å². The second-order valence-corrected chi connectivity index (χ2v) is 8.45. The van der Waals surface area contributed by atoms with Crippen LogP contribution < -0.4 is 16.8 Å². The highest BCUT2D eigenvalue weighted by Gasteiger charge is 2.26. The molecule has 174 valence electrons. The Balaban J connectivity index is 1.62. The number of aliphatic hydroxyl groups is 1. The second-order valence-electron chi connectivity index (χ2n) is 8.45. The van der Waals surface area contributed by atoms with E-state index in [-0.39, 0.29) is 36.2 Å². The average Bonchev–Trinajstić information content (AvgIpc) is 3.19. The second kappa shape index (κ2) is 8.87. The van der Waals surface area contributed by atoms with Gasteiger partial charge in [-0.1, -0.05) is 0 Å². The van der Waals surface area contributed by atoms with Gasteiger partial charge in [-0.3, -0.25) is 19.6 Å². The van der Waals surface area contributed by atoms with Crippen molar-refractivity contribution in [2.75, 3.05) is 23.4 Å². The highest BCUT2D eigenvalue weighted by molar-refractivity contribution is 6.16. The van der Waals surface area contributed by atoms with Gasteiger partial charge < -0.3 is 26.5 Å². The number of pyridine rings is 2. The maximum atomic E-state index is 13.4. The van der Waals surface area contributed by atoms with Crippen molar-refractivity contribution in [3.05, 3.63) is 66.0 Å². The van der Waals surface area contributed by atoms with Crippen molar-refractivity contribution >= 4 is 40.0 Å². The third-order valence-electron chi connectivity index (χ3n) is 5.32. The number of hydrogen-bond acceptors (Lipinski definition) is 9. The highest BCUT2D eigenvalue weighted by atomic mass is 16.3. The van der Waals surface area contributed by atoms with Gasteiger partial charge in [-0.15, -0.1) is 0 Å². The molecular formula is C23H24N8O3. The van der Waals surface area contributed by atoms with Gasteiger partial charge in [-0.05, 0) is 32.0 Å². The van der Waals surface area contributed by atoms with Gasteiger partial charge in [-0.2, -0.15) is 4.98 Å². The molecule has 6 N–H and O–H groups in total. The molecule has 0 atom stereocenters. The topological polar surface area (TPSA) is 175 Å². The lowest BCUT2D eigenvalue weighted by molar-refractivity contribution is -0.115. The van der Waals surface area contributed by atoms with Gasteiger partial charge in [0.15, 0.2) is 5.78 Å². The predicted molar refractivity (Wildman–Crippen MR) is 127 cm³/mol. The zero-order chi connectivity index (χ0) is 24.5. The van der Waals surface area contributed by atoms with E-state index in [2.05, 4.69) is 25.3 Å². The minimum absolute atomic E-state index is 0.0426. The van der Waals surface area contributed by atoms with E-state index in [1.807, 2.05) is 13.8 Å². The summed E-state index contributed by atoms with van der Waals surface area (Å²) in [6.45, 7) is 3.44. The molecule has 4 rings (SSSR count). The summed E-state index contributed by atoms with van der Waals surface area (Å²) >= 11 is 0. The van der Waals surface area contributed by atoms with Crippen molar-refractivity contribution in [2.24, 2.45) is 0 Å². The predicted octanol–water partition coefficient (Wildman–Crippen LogP) is 1.53. The molecule has 4 aromatic heterocycles. The Morgan fingerprint density at radius 2 is 1.91 bits per heavy atom. The number of ketones is 1. The number of nitrogens with one attached hydrogen (secondary N) is 1. The fourth-order valence-electron chi connectivity index (χ4n) is 3.44. The van der Waals surface area contributed by atoms with Crippen LogP contribution in [0.5, 0.6) is 0 Å². The summed E-state index contributed by atoms with van der Waals surface area (Å²) in [7, 11) is 0. The van der Waals surface area contributed by atoms with Crippen molar-refractivity contribution in [2.45, 2.75) is 25.8 Å². The lowest BCUT2D eigenvalue weighted by Crippen LogP contribution is -2.30. The molecule has 11 nitrogen and oxygen atoms in total. The standard InChI is InChI=1S/C23H24N8O3/c1-23(2,12-32)31-11-18(17-10-28-22(25)30-21(17)31)20(34)13-5-16(9-26-7-13)29-19(33)6-15-4-3-14(24)8-27-15/h3-5,7-11,32H,6,12,24H2,1-2H3,(H,29,33)(H2,25,28,30). The number of nitrogen functional groups attached to an aromatic ring is 2. The fraction of sp³-hybridized carbons (Fsp3) is 0.217. The SMILES string of the molecule is CC(C)(CO)n1cc(C(=O)c2cncc(NC(=O)Cc3ccc(N)cn3)c2)c2cnc(N)nc21. The van der Waals surface area contributed by atoms with Crippen LogP contribution in [0, 0.1) is 0 Å². The number of carbonyl (C=O) groups excluding carboxylic acids is 2. The van der Waals surface area contributed by atoms with Crippen LogP contribution in [-0.4, -0.2) is 47.9 Å². The molecule has 0 aliphatic heterocycles. The molecular weight excluding hydrogens is 436 g/mol. The van der Waals surface area contributed by atoms with Gasteiger partial charge in [0.2, 0.25) is 11.9 Å². The first-order chi connectivity index (χ1) is 16.2. The number of nitrogens with two attached hydrogens (primary N) is 2. The first-order valence-corrected chi connectivity index (χ1v) is 10.4. The van der Waals surface area contributed by atoms with Crippen LogP contribution in [0.2, 0.25) is 0 Å². The molecule has 0 saturated carbocycles. The first kappa shape index (κ1) is 22.8. The zero-order valence-corrected chi connectivity index (χ0v) is 18.7. The summed E-state index contributed by atoms with van der Waals surface area (Å²) in [5.74, 6) is -0.593. The molecule has 0 spiro atoms. The lowest BCUT2D eigenvalue weighted by Gasteiger charge is -2.24. The summed E-state index contributed by atoms with van der Waals surface area (Å²) in [5.41, 5.74) is 13.1. The van der Waals surface area contributed by atoms with Gasteiger partial charge in [0.1, 0.15) is 5.65 Å². The Bertz CT molecular complexity index is 1380. The number of rotatable bonds is 7. The monoisotopic (exact) mass is 460 g/mol. The van der Waals surface area contributed by atoms with E-state index in [9.17, 15) is 14.7 Å². The molecule has 0 radical (unpaired) electrons. The van der Waals surface area contributed by atoms with E-state index in [1.165, 1.54) is 24.8 Å². The molecule has 0 fully saturated rings. The molecule has 11 heteroatoms. The third-order valence-corrected chi connectivity index (χ3v) is 5.32. The number of fused-ring (bicyclic) bond motifs is 1. The number of amides is 1. The van der Waals surface area contributed by atoms with Crippen LogP contribution in [0.25, 0.3) is 11.0 Å². The minimum Gasteiger partial charge on any atom is -0.397 e. The molecule has 0 aliphatic carbocycles. The van der Waals surface area contributed by atoms with Crippen molar-refractivity contribution in [3.8, 4) is 0 Å².